The number of aliphatic hydroxyl groups excluding tert-OH is 1. The van der Waals surface area contributed by atoms with E-state index in [9.17, 15) is 19.5 Å². The van der Waals surface area contributed by atoms with Crippen LogP contribution in [0.3, 0.4) is 0 Å². The Hall–Kier alpha value is -3.13. The number of rotatable bonds is 9. The molecule has 0 radical (unpaired) electrons. The van der Waals surface area contributed by atoms with Crippen LogP contribution in [0.1, 0.15) is 24.2 Å². The first-order valence-corrected chi connectivity index (χ1v) is 9.15. The number of nitrogens with zero attached hydrogens (tertiary/aromatic N) is 1. The van der Waals surface area contributed by atoms with E-state index in [4.69, 9.17) is 4.42 Å². The summed E-state index contributed by atoms with van der Waals surface area (Å²) < 4.78 is 5.17. The number of benzene rings is 1. The largest absolute Gasteiger partial charge is 0.467 e. The van der Waals surface area contributed by atoms with Gasteiger partial charge in [0.2, 0.25) is 5.91 Å². The number of hydrogen-bond donors (Lipinski definition) is 3. The van der Waals surface area contributed by atoms with E-state index in [1.807, 2.05) is 30.3 Å². The van der Waals surface area contributed by atoms with E-state index in [-0.39, 0.29) is 37.8 Å². The molecule has 1 saturated heterocycles. The van der Waals surface area contributed by atoms with E-state index in [0.29, 0.717) is 12.2 Å². The van der Waals surface area contributed by atoms with Gasteiger partial charge in [0.05, 0.1) is 25.5 Å². The Morgan fingerprint density at radius 3 is 2.68 bits per heavy atom. The summed E-state index contributed by atoms with van der Waals surface area (Å²) in [5, 5.41) is 14.9. The summed E-state index contributed by atoms with van der Waals surface area (Å²) in [4.78, 5) is 37.7. The van der Waals surface area contributed by atoms with Gasteiger partial charge in [0.15, 0.2) is 0 Å². The summed E-state index contributed by atoms with van der Waals surface area (Å²) in [5.41, 5.74) is 1.01. The molecule has 0 spiro atoms. The minimum Gasteiger partial charge on any atom is -0.467 e. The van der Waals surface area contributed by atoms with Crippen molar-refractivity contribution in [2.45, 2.75) is 37.9 Å². The molecule has 0 bridgehead atoms. The van der Waals surface area contributed by atoms with E-state index in [1.54, 1.807) is 12.1 Å². The van der Waals surface area contributed by atoms with Crippen molar-refractivity contribution in [3.05, 3.63) is 60.1 Å². The lowest BCUT2D eigenvalue weighted by Crippen LogP contribution is -2.40. The number of carbonyl (C=O) groups is 3. The Kier molecular flexibility index (Phi) is 6.44. The summed E-state index contributed by atoms with van der Waals surface area (Å²) in [6.45, 7) is -0.124. The lowest BCUT2D eigenvalue weighted by Gasteiger charge is -2.17. The van der Waals surface area contributed by atoms with Crippen molar-refractivity contribution in [3.8, 4) is 0 Å². The van der Waals surface area contributed by atoms with Crippen LogP contribution in [0.15, 0.2) is 53.1 Å². The van der Waals surface area contributed by atoms with Gasteiger partial charge in [0.25, 0.3) is 5.91 Å². The first-order valence-electron chi connectivity index (χ1n) is 9.15. The number of amides is 4. The monoisotopic (exact) mass is 385 g/mol. The van der Waals surface area contributed by atoms with Crippen LogP contribution in [0.5, 0.6) is 0 Å². The molecule has 0 aliphatic carbocycles. The number of carbonyl (C=O) groups excluding carboxylic acids is 3. The number of urea groups is 1. The molecule has 8 nitrogen and oxygen atoms in total. The number of hydrogen-bond acceptors (Lipinski definition) is 5. The highest BCUT2D eigenvalue weighted by molar-refractivity contribution is 6.04. The molecule has 28 heavy (non-hydrogen) atoms. The van der Waals surface area contributed by atoms with E-state index < -0.39 is 18.1 Å². The first-order chi connectivity index (χ1) is 13.6. The molecule has 0 saturated carbocycles. The molecule has 1 aromatic carbocycles. The fourth-order valence-electron chi connectivity index (χ4n) is 3.12. The van der Waals surface area contributed by atoms with E-state index >= 15 is 0 Å². The molecule has 1 aromatic heterocycles. The van der Waals surface area contributed by atoms with Crippen LogP contribution in [-0.2, 0) is 22.6 Å². The Morgan fingerprint density at radius 1 is 1.21 bits per heavy atom. The number of imide groups is 1. The minimum absolute atomic E-state index is 0.0595. The highest BCUT2D eigenvalue weighted by atomic mass is 16.3. The molecule has 148 valence electrons. The Morgan fingerprint density at radius 2 is 2.00 bits per heavy atom. The van der Waals surface area contributed by atoms with Crippen LogP contribution in [0, 0.1) is 0 Å². The molecular formula is C20H23N3O5. The maximum atomic E-state index is 12.4. The maximum absolute atomic E-state index is 12.4. The van der Waals surface area contributed by atoms with Crippen molar-refractivity contribution in [1.29, 1.82) is 0 Å². The summed E-state index contributed by atoms with van der Waals surface area (Å²) in [6, 6.07) is 11.3. The van der Waals surface area contributed by atoms with E-state index in [2.05, 4.69) is 10.6 Å². The molecule has 2 atom stereocenters. The minimum atomic E-state index is -0.741. The molecule has 2 heterocycles. The van der Waals surface area contributed by atoms with Gasteiger partial charge < -0.3 is 20.2 Å². The molecule has 4 amide bonds. The predicted molar refractivity (Wildman–Crippen MR) is 100.0 cm³/mol. The molecule has 1 aliphatic rings. The van der Waals surface area contributed by atoms with Crippen molar-refractivity contribution in [1.82, 2.24) is 15.5 Å². The first kappa shape index (κ1) is 19.6. The van der Waals surface area contributed by atoms with Gasteiger partial charge in [-0.05, 0) is 30.5 Å². The average Bonchev–Trinajstić information content (AvgIpc) is 3.30. The Bertz CT molecular complexity index is 807. The third-order valence-electron chi connectivity index (χ3n) is 4.57. The van der Waals surface area contributed by atoms with Gasteiger partial charge in [0, 0.05) is 6.42 Å². The zero-order valence-corrected chi connectivity index (χ0v) is 15.3. The normalized spacial score (nSPS) is 17.5. The van der Waals surface area contributed by atoms with Crippen molar-refractivity contribution in [3.63, 3.8) is 0 Å². The van der Waals surface area contributed by atoms with Gasteiger partial charge in [-0.1, -0.05) is 30.3 Å². The molecule has 3 N–H and O–H groups in total. The zero-order chi connectivity index (χ0) is 19.9. The quantitative estimate of drug-likeness (QED) is 0.562. The molecule has 1 aliphatic heterocycles. The number of nitrogens with one attached hydrogen (secondary N) is 2. The van der Waals surface area contributed by atoms with Crippen LogP contribution in [0.25, 0.3) is 0 Å². The maximum Gasteiger partial charge on any atom is 0.325 e. The topological polar surface area (TPSA) is 112 Å². The highest BCUT2D eigenvalue weighted by Crippen LogP contribution is 2.15. The average molecular weight is 385 g/mol. The second-order valence-corrected chi connectivity index (χ2v) is 6.68. The molecule has 2 aromatic rings. The second kappa shape index (κ2) is 9.18. The highest BCUT2D eigenvalue weighted by Gasteiger charge is 2.38. The Labute approximate surface area is 162 Å². The fraction of sp³-hybridized carbons (Fsp3) is 0.350. The fourth-order valence-corrected chi connectivity index (χ4v) is 3.12. The summed E-state index contributed by atoms with van der Waals surface area (Å²) in [7, 11) is 0. The van der Waals surface area contributed by atoms with Crippen LogP contribution >= 0.6 is 0 Å². The van der Waals surface area contributed by atoms with Gasteiger partial charge in [-0.3, -0.25) is 14.5 Å². The summed E-state index contributed by atoms with van der Waals surface area (Å²) in [5.74, 6) is -0.146. The van der Waals surface area contributed by atoms with Gasteiger partial charge in [-0.2, -0.15) is 0 Å². The summed E-state index contributed by atoms with van der Waals surface area (Å²) >= 11 is 0. The molecule has 8 heteroatoms. The number of furan rings is 1. The molecular weight excluding hydrogens is 362 g/mol. The number of aliphatic hydroxyl groups is 1. The van der Waals surface area contributed by atoms with Crippen molar-refractivity contribution in [2.24, 2.45) is 0 Å². The van der Waals surface area contributed by atoms with Gasteiger partial charge >= 0.3 is 6.03 Å². The van der Waals surface area contributed by atoms with E-state index in [1.165, 1.54) is 6.26 Å². The smallest absolute Gasteiger partial charge is 0.325 e. The van der Waals surface area contributed by atoms with Crippen molar-refractivity contribution >= 4 is 17.8 Å². The van der Waals surface area contributed by atoms with Crippen molar-refractivity contribution < 1.29 is 23.9 Å². The Balaban J connectivity index is 1.47. The molecule has 1 fully saturated rings. The van der Waals surface area contributed by atoms with Crippen LogP contribution in [0.4, 0.5) is 4.79 Å². The van der Waals surface area contributed by atoms with Crippen molar-refractivity contribution in [2.75, 3.05) is 6.61 Å². The second-order valence-electron chi connectivity index (χ2n) is 6.68. The van der Waals surface area contributed by atoms with Crippen LogP contribution in [-0.4, -0.2) is 46.5 Å². The standard InChI is InChI=1S/C20H23N3O5/c24-13-15(11-14-5-2-1-3-6-14)21-18(25)9-8-17-19(26)23(20(27)22-17)12-16-7-4-10-28-16/h1-7,10,15,17,24H,8-9,11-13H2,(H,21,25)(H,22,27)/t15-,17+/m0/s1. The van der Waals surface area contributed by atoms with Gasteiger partial charge in [0.1, 0.15) is 11.8 Å². The van der Waals surface area contributed by atoms with Crippen LogP contribution < -0.4 is 10.6 Å². The lowest BCUT2D eigenvalue weighted by molar-refractivity contribution is -0.128. The van der Waals surface area contributed by atoms with Gasteiger partial charge in [-0.25, -0.2) is 4.79 Å². The summed E-state index contributed by atoms with van der Waals surface area (Å²) in [6.07, 6.45) is 2.24. The molecule has 3 rings (SSSR count). The van der Waals surface area contributed by atoms with E-state index in [0.717, 1.165) is 10.5 Å². The zero-order valence-electron chi connectivity index (χ0n) is 15.3. The van der Waals surface area contributed by atoms with Crippen LogP contribution in [0.2, 0.25) is 0 Å². The predicted octanol–water partition coefficient (Wildman–Crippen LogP) is 1.20. The lowest BCUT2D eigenvalue weighted by atomic mass is 10.1. The molecule has 0 unspecified atom stereocenters. The SMILES string of the molecule is O=C(CC[C@H]1NC(=O)N(Cc2ccco2)C1=O)N[C@H](CO)Cc1ccccc1. The third-order valence-corrected chi connectivity index (χ3v) is 4.57. The third kappa shape index (κ3) is 4.98. The van der Waals surface area contributed by atoms with Gasteiger partial charge in [-0.15, -0.1) is 0 Å².